The summed E-state index contributed by atoms with van der Waals surface area (Å²) >= 11 is 17.6. The first-order chi connectivity index (χ1) is 9.49. The zero-order chi connectivity index (χ0) is 14.7. The van der Waals surface area contributed by atoms with Crippen LogP contribution in [0.4, 0.5) is 0 Å². The number of para-hydroxylation sites is 1. The Morgan fingerprint density at radius 1 is 1.00 bits per heavy atom. The van der Waals surface area contributed by atoms with E-state index in [1.165, 1.54) is 0 Å². The molecule has 2 rings (SSSR count). The molecule has 0 amide bonds. The van der Waals surface area contributed by atoms with Crippen molar-refractivity contribution in [2.45, 2.75) is 5.82 Å². The molecule has 0 heterocycles. The van der Waals surface area contributed by atoms with Gasteiger partial charge < -0.3 is 4.74 Å². The van der Waals surface area contributed by atoms with Gasteiger partial charge in [-0.05, 0) is 29.8 Å². The molecule has 2 nitrogen and oxygen atoms in total. The van der Waals surface area contributed by atoms with Gasteiger partial charge >= 0.3 is 5.97 Å². The summed E-state index contributed by atoms with van der Waals surface area (Å²) in [5, 5.41) is 1.05. The van der Waals surface area contributed by atoms with Crippen molar-refractivity contribution in [2.75, 3.05) is 0 Å². The van der Waals surface area contributed by atoms with Gasteiger partial charge in [0.2, 0.25) is 0 Å². The number of carbonyl (C=O) groups excluding carboxylic acids is 1. The molecule has 0 saturated heterocycles. The molecule has 2 aromatic rings. The smallest absolute Gasteiger partial charge is 0.309 e. The predicted molar refractivity (Wildman–Crippen MR) is 82.0 cm³/mol. The Morgan fingerprint density at radius 3 is 2.10 bits per heavy atom. The van der Waals surface area contributed by atoms with E-state index in [1.807, 2.05) is 0 Å². The maximum atomic E-state index is 12.0. The van der Waals surface area contributed by atoms with Gasteiger partial charge in [0, 0.05) is 10.8 Å². The largest absolute Gasteiger partial charge is 0.423 e. The number of benzene rings is 2. The van der Waals surface area contributed by atoms with Gasteiger partial charge in [0.15, 0.2) is 5.75 Å². The van der Waals surface area contributed by atoms with Crippen LogP contribution in [-0.2, 0) is 4.79 Å². The highest BCUT2D eigenvalue weighted by Gasteiger charge is 2.19. The molecule has 0 aliphatic heterocycles. The number of rotatable bonds is 3. The minimum atomic E-state index is -0.945. The van der Waals surface area contributed by atoms with Crippen LogP contribution in [0.3, 0.4) is 0 Å². The lowest BCUT2D eigenvalue weighted by Gasteiger charge is -2.13. The van der Waals surface area contributed by atoms with Gasteiger partial charge in [-0.25, -0.2) is 0 Å². The van der Waals surface area contributed by atoms with Crippen LogP contribution in [0.25, 0.3) is 0 Å². The molecule has 0 unspecified atom stereocenters. The molecular weight excluding hydrogens is 317 g/mol. The van der Waals surface area contributed by atoms with Crippen LogP contribution in [0.1, 0.15) is 11.4 Å². The van der Waals surface area contributed by atoms with Crippen molar-refractivity contribution in [3.63, 3.8) is 0 Å². The van der Waals surface area contributed by atoms with E-state index in [0.29, 0.717) is 10.6 Å². The Morgan fingerprint density at radius 2 is 1.55 bits per heavy atom. The molecule has 0 fully saturated rings. The van der Waals surface area contributed by atoms with E-state index in [4.69, 9.17) is 47.4 Å². The summed E-state index contributed by atoms with van der Waals surface area (Å²) in [5.41, 5.74) is 0.586. The first kappa shape index (κ1) is 15.2. The topological polar surface area (TPSA) is 26.3 Å². The zero-order valence-electron chi connectivity index (χ0n) is 10.1. The van der Waals surface area contributed by atoms with Gasteiger partial charge in [-0.15, -0.1) is 0 Å². The highest BCUT2D eigenvalue weighted by Crippen LogP contribution is 2.33. The van der Waals surface area contributed by atoms with Crippen LogP contribution in [0.5, 0.6) is 5.75 Å². The first-order valence-electron chi connectivity index (χ1n) is 5.66. The van der Waals surface area contributed by atoms with Gasteiger partial charge in [-0.2, -0.15) is 0 Å². The summed E-state index contributed by atoms with van der Waals surface area (Å²) in [5.74, 6) is -1.49. The summed E-state index contributed by atoms with van der Waals surface area (Å²) in [6, 6.07) is 11.4. The van der Waals surface area contributed by atoms with Crippen molar-refractivity contribution in [3.8, 4) is 5.75 Å². The minimum absolute atomic E-state index is 0.102. The molecule has 6 heteroatoms. The molecule has 100 valence electrons. The Bertz CT molecular complexity index is 609. The second-order valence-electron chi connectivity index (χ2n) is 4.00. The van der Waals surface area contributed by atoms with Crippen LogP contribution >= 0.6 is 34.8 Å². The number of ether oxygens (including phenoxy) is 1. The third-order valence-corrected chi connectivity index (χ3v) is 3.45. The normalized spacial score (nSPS) is 11.9. The van der Waals surface area contributed by atoms with Crippen LogP contribution in [-0.4, -0.2) is 13.8 Å². The maximum absolute atomic E-state index is 12.0. The summed E-state index contributed by atoms with van der Waals surface area (Å²) < 4.78 is 5.16. The van der Waals surface area contributed by atoms with E-state index in [2.05, 4.69) is 0 Å². The lowest BCUT2D eigenvalue weighted by molar-refractivity contribution is -0.134. The molecule has 1 atom stereocenters. The zero-order valence-corrected chi connectivity index (χ0v) is 12.4. The van der Waals surface area contributed by atoms with Crippen LogP contribution in [0.15, 0.2) is 42.5 Å². The number of halogens is 3. The number of hydrogen-bond donors (Lipinski definition) is 0. The average molecular weight is 325 g/mol. The van der Waals surface area contributed by atoms with Crippen molar-refractivity contribution in [1.82, 2.24) is 0 Å². The third kappa shape index (κ3) is 3.48. The molecule has 2 radical (unpaired) electrons. The number of hydrogen-bond acceptors (Lipinski definition) is 2. The van der Waals surface area contributed by atoms with Gasteiger partial charge in [0.1, 0.15) is 0 Å². The Labute approximate surface area is 133 Å². The molecule has 0 saturated carbocycles. The number of esters is 1. The van der Waals surface area contributed by atoms with Gasteiger partial charge in [-0.3, -0.25) is 4.79 Å². The second kappa shape index (κ2) is 6.53. The lowest BCUT2D eigenvalue weighted by Crippen LogP contribution is -2.19. The van der Waals surface area contributed by atoms with Crippen LogP contribution in [0, 0.1) is 0 Å². The van der Waals surface area contributed by atoms with E-state index in [0.717, 1.165) is 0 Å². The van der Waals surface area contributed by atoms with E-state index in [-0.39, 0.29) is 15.8 Å². The fourth-order valence-corrected chi connectivity index (χ4v) is 2.15. The maximum Gasteiger partial charge on any atom is 0.309 e. The summed E-state index contributed by atoms with van der Waals surface area (Å²) in [4.78, 5) is 12.0. The monoisotopic (exact) mass is 324 g/mol. The van der Waals surface area contributed by atoms with Crippen molar-refractivity contribution in [3.05, 3.63) is 63.1 Å². The molecule has 0 spiro atoms. The van der Waals surface area contributed by atoms with E-state index < -0.39 is 11.8 Å². The molecule has 2 aromatic carbocycles. The van der Waals surface area contributed by atoms with E-state index in [9.17, 15) is 4.79 Å². The van der Waals surface area contributed by atoms with Crippen molar-refractivity contribution in [1.29, 1.82) is 0 Å². The molecular formula is C14H8BCl3O2. The van der Waals surface area contributed by atoms with Gasteiger partial charge in [0.05, 0.1) is 17.9 Å². The third-order valence-electron chi connectivity index (χ3n) is 2.60. The molecule has 0 aromatic heterocycles. The fraction of sp³-hybridized carbons (Fsp3) is 0.0714. The molecule has 0 bridgehead atoms. The molecule has 0 N–H and O–H groups in total. The van der Waals surface area contributed by atoms with Crippen LogP contribution < -0.4 is 4.74 Å². The highest BCUT2D eigenvalue weighted by atomic mass is 35.5. The predicted octanol–water partition coefficient (Wildman–Crippen LogP) is 4.46. The minimum Gasteiger partial charge on any atom is -0.423 e. The Hall–Kier alpha value is -1.16. The fourth-order valence-electron chi connectivity index (χ4n) is 1.55. The van der Waals surface area contributed by atoms with Gasteiger partial charge in [0.25, 0.3) is 0 Å². The Balaban J connectivity index is 2.18. The first-order valence-corrected chi connectivity index (χ1v) is 6.79. The van der Waals surface area contributed by atoms with E-state index in [1.54, 1.807) is 42.5 Å². The standard InChI is InChI=1S/C14H8BCl3O2/c15-12(8-4-6-9(16)7-5-8)14(19)20-13-10(17)2-1-3-11(13)18/h1-7,12H/t12-/m1/s1. The van der Waals surface area contributed by atoms with E-state index >= 15 is 0 Å². The van der Waals surface area contributed by atoms with Crippen molar-refractivity contribution >= 4 is 48.6 Å². The highest BCUT2D eigenvalue weighted by molar-refractivity contribution is 6.37. The summed E-state index contributed by atoms with van der Waals surface area (Å²) in [6.07, 6.45) is 0. The molecule has 20 heavy (non-hydrogen) atoms. The van der Waals surface area contributed by atoms with Crippen molar-refractivity contribution in [2.24, 2.45) is 0 Å². The Kier molecular flexibility index (Phi) is 4.98. The number of carbonyl (C=O) groups is 1. The van der Waals surface area contributed by atoms with Gasteiger partial charge in [-0.1, -0.05) is 53.0 Å². The SMILES string of the molecule is [B][C@@H](C(=O)Oc1c(Cl)cccc1Cl)c1ccc(Cl)cc1. The summed E-state index contributed by atoms with van der Waals surface area (Å²) in [6.45, 7) is 0. The summed E-state index contributed by atoms with van der Waals surface area (Å²) in [7, 11) is 5.83. The lowest BCUT2D eigenvalue weighted by atomic mass is 9.81. The van der Waals surface area contributed by atoms with Crippen LogP contribution in [0.2, 0.25) is 15.1 Å². The molecule has 0 aliphatic carbocycles. The average Bonchev–Trinajstić information content (AvgIpc) is 2.43. The van der Waals surface area contributed by atoms with Crippen molar-refractivity contribution < 1.29 is 9.53 Å². The second-order valence-corrected chi connectivity index (χ2v) is 5.25. The molecule has 0 aliphatic rings. The quantitative estimate of drug-likeness (QED) is 0.473.